The molecule has 0 saturated heterocycles. The van der Waals surface area contributed by atoms with E-state index in [1.807, 2.05) is 36.4 Å². The van der Waals surface area contributed by atoms with Gasteiger partial charge in [0.05, 0.1) is 6.42 Å². The summed E-state index contributed by atoms with van der Waals surface area (Å²) in [6.07, 6.45) is 3.08. The molecule has 2 N–H and O–H groups in total. The van der Waals surface area contributed by atoms with Gasteiger partial charge in [-0.2, -0.15) is 0 Å². The summed E-state index contributed by atoms with van der Waals surface area (Å²) < 4.78 is 17.5. The van der Waals surface area contributed by atoms with Crippen molar-refractivity contribution in [3.63, 3.8) is 0 Å². The van der Waals surface area contributed by atoms with Crippen molar-refractivity contribution in [3.8, 4) is 17.2 Å². The molecule has 1 fully saturated rings. The molecule has 1 aliphatic carbocycles. The fourth-order valence-corrected chi connectivity index (χ4v) is 3.68. The zero-order chi connectivity index (χ0) is 21.6. The third-order valence-electron chi connectivity index (χ3n) is 5.03. The first-order valence-electron chi connectivity index (χ1n) is 10.4. The molecule has 0 radical (unpaired) electrons. The van der Waals surface area contributed by atoms with Gasteiger partial charge in [0.25, 0.3) is 5.91 Å². The number of ether oxygens (including phenoxy) is 3. The zero-order valence-electron chi connectivity index (χ0n) is 17.1. The minimum Gasteiger partial charge on any atom is -0.486 e. The predicted molar refractivity (Wildman–Crippen MR) is 119 cm³/mol. The van der Waals surface area contributed by atoms with E-state index in [4.69, 9.17) is 14.2 Å². The lowest BCUT2D eigenvalue weighted by atomic mass is 10.1. The highest BCUT2D eigenvalue weighted by Crippen LogP contribution is 2.35. The second-order valence-corrected chi connectivity index (χ2v) is 8.49. The van der Waals surface area contributed by atoms with Crippen LogP contribution in [0.5, 0.6) is 17.2 Å². The van der Waals surface area contributed by atoms with Crippen molar-refractivity contribution in [1.82, 2.24) is 10.6 Å². The molecule has 8 heteroatoms. The Morgan fingerprint density at radius 2 is 1.74 bits per heavy atom. The molecular formula is C23H25BrN2O5. The number of nitrogens with one attached hydrogen (secondary N) is 2. The molecule has 4 rings (SSSR count). The average Bonchev–Trinajstić information content (AvgIpc) is 3.58. The molecule has 1 aliphatic heterocycles. The van der Waals surface area contributed by atoms with Crippen LogP contribution >= 0.6 is 15.9 Å². The van der Waals surface area contributed by atoms with Gasteiger partial charge in [0.1, 0.15) is 19.0 Å². The lowest BCUT2D eigenvalue weighted by molar-refractivity contribution is -0.123. The van der Waals surface area contributed by atoms with Crippen LogP contribution in [-0.2, 0) is 22.4 Å². The molecule has 2 aromatic carbocycles. The van der Waals surface area contributed by atoms with Crippen molar-refractivity contribution in [2.45, 2.75) is 31.7 Å². The minimum absolute atomic E-state index is 0.0291. The molecule has 2 aromatic rings. The second-order valence-electron chi connectivity index (χ2n) is 7.64. The first-order valence-corrected chi connectivity index (χ1v) is 11.2. The molecule has 1 heterocycles. The van der Waals surface area contributed by atoms with Crippen molar-refractivity contribution in [1.29, 1.82) is 0 Å². The number of carbonyl (C=O) groups is 2. The molecule has 2 amide bonds. The molecule has 1 saturated carbocycles. The van der Waals surface area contributed by atoms with Crippen LogP contribution in [0.25, 0.3) is 0 Å². The van der Waals surface area contributed by atoms with Crippen LogP contribution in [-0.4, -0.2) is 44.2 Å². The summed E-state index contributed by atoms with van der Waals surface area (Å²) in [6, 6.07) is 11.6. The molecule has 0 spiro atoms. The smallest absolute Gasteiger partial charge is 0.258 e. The molecule has 0 atom stereocenters. The van der Waals surface area contributed by atoms with E-state index in [0.29, 0.717) is 49.5 Å². The largest absolute Gasteiger partial charge is 0.486 e. The van der Waals surface area contributed by atoms with Gasteiger partial charge >= 0.3 is 0 Å². The van der Waals surface area contributed by atoms with E-state index in [-0.39, 0.29) is 24.8 Å². The third-order valence-corrected chi connectivity index (χ3v) is 5.77. The maximum absolute atomic E-state index is 12.3. The van der Waals surface area contributed by atoms with Gasteiger partial charge in [-0.1, -0.05) is 28.1 Å². The second kappa shape index (κ2) is 10.0. The molecule has 0 bridgehead atoms. The van der Waals surface area contributed by atoms with Crippen molar-refractivity contribution in [2.75, 3.05) is 26.4 Å². The molecule has 2 aliphatic rings. The number of amides is 2. The Morgan fingerprint density at radius 3 is 2.45 bits per heavy atom. The molecule has 164 valence electrons. The van der Waals surface area contributed by atoms with Crippen LogP contribution in [0.3, 0.4) is 0 Å². The van der Waals surface area contributed by atoms with Crippen LogP contribution in [0.4, 0.5) is 0 Å². The van der Waals surface area contributed by atoms with Crippen molar-refractivity contribution < 1.29 is 23.8 Å². The third kappa shape index (κ3) is 6.37. The topological polar surface area (TPSA) is 85.9 Å². The fraction of sp³-hybridized carbons (Fsp3) is 0.391. The summed E-state index contributed by atoms with van der Waals surface area (Å²) in [5.41, 5.74) is 1.93. The Morgan fingerprint density at radius 1 is 1.03 bits per heavy atom. The number of hydrogen-bond donors (Lipinski definition) is 2. The Kier molecular flexibility index (Phi) is 6.96. The van der Waals surface area contributed by atoms with E-state index >= 15 is 0 Å². The summed E-state index contributed by atoms with van der Waals surface area (Å²) in [4.78, 5) is 24.0. The molecule has 7 nitrogen and oxygen atoms in total. The van der Waals surface area contributed by atoms with E-state index in [1.165, 1.54) is 0 Å². The summed E-state index contributed by atoms with van der Waals surface area (Å²) >= 11 is 3.50. The Bertz CT molecular complexity index is 944. The maximum Gasteiger partial charge on any atom is 0.258 e. The summed E-state index contributed by atoms with van der Waals surface area (Å²) in [7, 11) is 0. The van der Waals surface area contributed by atoms with Crippen molar-refractivity contribution in [2.24, 2.45) is 0 Å². The van der Waals surface area contributed by atoms with Crippen molar-refractivity contribution in [3.05, 3.63) is 52.0 Å². The monoisotopic (exact) mass is 488 g/mol. The van der Waals surface area contributed by atoms with Gasteiger partial charge < -0.3 is 24.8 Å². The van der Waals surface area contributed by atoms with Crippen molar-refractivity contribution >= 4 is 27.7 Å². The molecule has 0 unspecified atom stereocenters. The standard InChI is InChI=1S/C23H25BrN2O5/c24-19-13-21-20(29-9-10-30-21)11-16(19)12-22(27)25-8-7-15-1-5-18(6-2-15)31-14-23(28)26-17-3-4-17/h1-2,5-6,11,13,17H,3-4,7-10,12,14H2,(H,25,27)(H,26,28). The lowest BCUT2D eigenvalue weighted by Crippen LogP contribution is -2.30. The number of rotatable bonds is 9. The van der Waals surface area contributed by atoms with E-state index < -0.39 is 0 Å². The number of carbonyl (C=O) groups excluding carboxylic acids is 2. The minimum atomic E-state index is -0.0843. The van der Waals surface area contributed by atoms with E-state index in [9.17, 15) is 9.59 Å². The average molecular weight is 489 g/mol. The zero-order valence-corrected chi connectivity index (χ0v) is 18.7. The Labute approximate surface area is 189 Å². The van der Waals surface area contributed by atoms with Crippen LogP contribution in [0.1, 0.15) is 24.0 Å². The van der Waals surface area contributed by atoms with Crippen LogP contribution in [0.2, 0.25) is 0 Å². The van der Waals surface area contributed by atoms with E-state index in [1.54, 1.807) is 0 Å². The highest BCUT2D eigenvalue weighted by atomic mass is 79.9. The first-order chi connectivity index (χ1) is 15.1. The lowest BCUT2D eigenvalue weighted by Gasteiger charge is -2.19. The molecule has 0 aromatic heterocycles. The summed E-state index contributed by atoms with van der Waals surface area (Å²) in [6.45, 7) is 1.60. The Hall–Kier alpha value is -2.74. The van der Waals surface area contributed by atoms with E-state index in [0.717, 1.165) is 28.4 Å². The van der Waals surface area contributed by atoms with E-state index in [2.05, 4.69) is 26.6 Å². The SMILES string of the molecule is O=C(Cc1cc2c(cc1Br)OCCO2)NCCc1ccc(OCC(=O)NC2CC2)cc1. The highest BCUT2D eigenvalue weighted by Gasteiger charge is 2.23. The quantitative estimate of drug-likeness (QED) is 0.566. The molecule has 31 heavy (non-hydrogen) atoms. The summed E-state index contributed by atoms with van der Waals surface area (Å²) in [5, 5.41) is 5.84. The number of benzene rings is 2. The first kappa shape index (κ1) is 21.5. The summed E-state index contributed by atoms with van der Waals surface area (Å²) in [5.74, 6) is 1.88. The van der Waals surface area contributed by atoms with Gasteiger partial charge in [0, 0.05) is 17.1 Å². The predicted octanol–water partition coefficient (Wildman–Crippen LogP) is 2.78. The normalized spacial score (nSPS) is 14.6. The highest BCUT2D eigenvalue weighted by molar-refractivity contribution is 9.10. The molecular weight excluding hydrogens is 464 g/mol. The van der Waals surface area contributed by atoms with Crippen LogP contribution < -0.4 is 24.8 Å². The van der Waals surface area contributed by atoms with Gasteiger partial charge in [-0.15, -0.1) is 0 Å². The Balaban J connectivity index is 1.19. The number of halogens is 1. The van der Waals surface area contributed by atoms with Gasteiger partial charge in [-0.3, -0.25) is 9.59 Å². The van der Waals surface area contributed by atoms with Gasteiger partial charge in [0.2, 0.25) is 5.91 Å². The number of hydrogen-bond acceptors (Lipinski definition) is 5. The van der Waals surface area contributed by atoms with Crippen LogP contribution in [0, 0.1) is 0 Å². The fourth-order valence-electron chi connectivity index (χ4n) is 3.22. The van der Waals surface area contributed by atoms with Gasteiger partial charge in [-0.05, 0) is 54.7 Å². The van der Waals surface area contributed by atoms with Gasteiger partial charge in [-0.25, -0.2) is 0 Å². The number of fused-ring (bicyclic) bond motifs is 1. The van der Waals surface area contributed by atoms with Gasteiger partial charge in [0.15, 0.2) is 18.1 Å². The van der Waals surface area contributed by atoms with Crippen LogP contribution in [0.15, 0.2) is 40.9 Å². The maximum atomic E-state index is 12.3.